The number of aromatic nitrogens is 1. The number of amides is 1. The van der Waals surface area contributed by atoms with E-state index in [0.717, 1.165) is 38.4 Å². The van der Waals surface area contributed by atoms with Gasteiger partial charge in [-0.25, -0.2) is 4.98 Å². The van der Waals surface area contributed by atoms with Crippen LogP contribution in [0.2, 0.25) is 0 Å². The number of carbonyl (C=O) groups is 1. The Balaban J connectivity index is 1.68. The van der Waals surface area contributed by atoms with E-state index in [-0.39, 0.29) is 5.91 Å². The third kappa shape index (κ3) is 3.02. The number of hydrogen-bond acceptors (Lipinski definition) is 4. The van der Waals surface area contributed by atoms with E-state index >= 15 is 0 Å². The number of pyridine rings is 1. The minimum atomic E-state index is -0.0700. The Morgan fingerprint density at radius 3 is 2.86 bits per heavy atom. The highest BCUT2D eigenvalue weighted by Gasteiger charge is 2.30. The van der Waals surface area contributed by atoms with E-state index in [1.807, 2.05) is 12.1 Å². The molecule has 5 heteroatoms. The second-order valence-electron chi connectivity index (χ2n) is 5.83. The van der Waals surface area contributed by atoms with Gasteiger partial charge in [-0.2, -0.15) is 0 Å². The molecule has 1 aromatic rings. The van der Waals surface area contributed by atoms with Gasteiger partial charge in [0.15, 0.2) is 0 Å². The maximum Gasteiger partial charge on any atom is 0.254 e. The summed E-state index contributed by atoms with van der Waals surface area (Å²) in [5.74, 6) is 1.40. The van der Waals surface area contributed by atoms with Crippen LogP contribution in [0.3, 0.4) is 0 Å². The Bertz CT molecular complexity index is 492. The Kier molecular flexibility index (Phi) is 4.39. The monoisotopic (exact) mass is 289 g/mol. The predicted molar refractivity (Wildman–Crippen MR) is 81.5 cm³/mol. The number of nitrogens with zero attached hydrogens (tertiary/aromatic N) is 2. The first-order valence-electron chi connectivity index (χ1n) is 7.83. The van der Waals surface area contributed by atoms with Gasteiger partial charge in [0.25, 0.3) is 5.91 Å². The van der Waals surface area contributed by atoms with Crippen molar-refractivity contribution in [1.29, 1.82) is 0 Å². The molecular formula is C16H23N3O2. The topological polar surface area (TPSA) is 54.5 Å². The minimum absolute atomic E-state index is 0.0700. The lowest BCUT2D eigenvalue weighted by molar-refractivity contribution is 0.0531. The van der Waals surface area contributed by atoms with Crippen molar-refractivity contribution in [2.45, 2.75) is 31.8 Å². The highest BCUT2D eigenvalue weighted by Crippen LogP contribution is 2.31. The molecule has 0 aromatic carbocycles. The highest BCUT2D eigenvalue weighted by molar-refractivity contribution is 5.98. The third-order valence-electron chi connectivity index (χ3n) is 4.59. The lowest BCUT2D eigenvalue weighted by Gasteiger charge is -2.35. The molecule has 1 unspecified atom stereocenters. The number of rotatable bonds is 3. The van der Waals surface area contributed by atoms with E-state index in [0.29, 0.717) is 17.6 Å². The summed E-state index contributed by atoms with van der Waals surface area (Å²) in [7, 11) is 1.66. The normalized spacial score (nSPS) is 23.3. The molecule has 0 radical (unpaired) electrons. The Morgan fingerprint density at radius 2 is 2.19 bits per heavy atom. The van der Waals surface area contributed by atoms with Gasteiger partial charge < -0.3 is 15.0 Å². The molecule has 0 saturated carbocycles. The molecular weight excluding hydrogens is 266 g/mol. The van der Waals surface area contributed by atoms with Crippen molar-refractivity contribution in [1.82, 2.24) is 10.3 Å². The van der Waals surface area contributed by atoms with Crippen molar-refractivity contribution in [2.75, 3.05) is 31.6 Å². The number of nitrogens with one attached hydrogen (secondary N) is 1. The van der Waals surface area contributed by atoms with Crippen LogP contribution in [0.15, 0.2) is 18.3 Å². The Morgan fingerprint density at radius 1 is 1.38 bits per heavy atom. The molecule has 1 atom stereocenters. The first-order valence-corrected chi connectivity index (χ1v) is 7.83. The van der Waals surface area contributed by atoms with Gasteiger partial charge in [-0.05, 0) is 43.7 Å². The molecule has 2 fully saturated rings. The minimum Gasteiger partial charge on any atom is -0.378 e. The third-order valence-corrected chi connectivity index (χ3v) is 4.59. The van der Waals surface area contributed by atoms with Crippen molar-refractivity contribution in [2.24, 2.45) is 5.92 Å². The average Bonchev–Trinajstić information content (AvgIpc) is 3.09. The molecule has 0 aliphatic carbocycles. The number of piperidine rings is 1. The molecule has 2 aliphatic heterocycles. The van der Waals surface area contributed by atoms with Gasteiger partial charge in [0.2, 0.25) is 0 Å². The van der Waals surface area contributed by atoms with Gasteiger partial charge in [0.05, 0.1) is 11.7 Å². The van der Waals surface area contributed by atoms with Crippen molar-refractivity contribution < 1.29 is 9.53 Å². The molecule has 1 amide bonds. The highest BCUT2D eigenvalue weighted by atomic mass is 16.5. The summed E-state index contributed by atoms with van der Waals surface area (Å²) >= 11 is 0. The van der Waals surface area contributed by atoms with Crippen molar-refractivity contribution in [3.05, 3.63) is 23.9 Å². The Hall–Kier alpha value is -1.62. The van der Waals surface area contributed by atoms with Gasteiger partial charge in [-0.3, -0.25) is 4.79 Å². The molecule has 114 valence electrons. The number of anilines is 1. The zero-order valence-corrected chi connectivity index (χ0v) is 12.5. The lowest BCUT2D eigenvalue weighted by Crippen LogP contribution is -2.39. The maximum absolute atomic E-state index is 12.0. The van der Waals surface area contributed by atoms with Crippen LogP contribution in [0.1, 0.15) is 36.0 Å². The fourth-order valence-electron chi connectivity index (χ4n) is 3.42. The predicted octanol–water partition coefficient (Wildman–Crippen LogP) is 1.84. The van der Waals surface area contributed by atoms with Crippen molar-refractivity contribution in [3.63, 3.8) is 0 Å². The maximum atomic E-state index is 12.0. The van der Waals surface area contributed by atoms with Gasteiger partial charge >= 0.3 is 0 Å². The fourth-order valence-corrected chi connectivity index (χ4v) is 3.42. The number of hydrogen-bond donors (Lipinski definition) is 1. The van der Waals surface area contributed by atoms with Crippen LogP contribution in [0.5, 0.6) is 0 Å². The van der Waals surface area contributed by atoms with Gasteiger partial charge in [0, 0.05) is 32.9 Å². The first kappa shape index (κ1) is 14.3. The second-order valence-corrected chi connectivity index (χ2v) is 5.83. The molecule has 1 N–H and O–H groups in total. The van der Waals surface area contributed by atoms with Crippen LogP contribution in [-0.2, 0) is 4.74 Å². The van der Waals surface area contributed by atoms with E-state index in [2.05, 4.69) is 15.2 Å². The summed E-state index contributed by atoms with van der Waals surface area (Å²) < 4.78 is 5.81. The first-order chi connectivity index (χ1) is 10.3. The molecule has 1 aromatic heterocycles. The SMILES string of the molecule is CNC(=O)c1cccnc1N1CCC(C2CCCO2)CC1. The largest absolute Gasteiger partial charge is 0.378 e. The molecule has 3 rings (SSSR count). The van der Waals surface area contributed by atoms with E-state index in [4.69, 9.17) is 4.74 Å². The Labute approximate surface area is 125 Å². The van der Waals surface area contributed by atoms with Crippen LogP contribution < -0.4 is 10.2 Å². The average molecular weight is 289 g/mol. The summed E-state index contributed by atoms with van der Waals surface area (Å²) in [5, 5.41) is 2.69. The van der Waals surface area contributed by atoms with E-state index in [9.17, 15) is 4.79 Å². The summed E-state index contributed by atoms with van der Waals surface area (Å²) in [5.41, 5.74) is 0.663. The molecule has 21 heavy (non-hydrogen) atoms. The molecule has 2 saturated heterocycles. The van der Waals surface area contributed by atoms with E-state index < -0.39 is 0 Å². The summed E-state index contributed by atoms with van der Waals surface area (Å²) in [6, 6.07) is 3.65. The molecule has 0 bridgehead atoms. The summed E-state index contributed by atoms with van der Waals surface area (Å²) in [4.78, 5) is 18.6. The quantitative estimate of drug-likeness (QED) is 0.922. The van der Waals surface area contributed by atoms with Gasteiger partial charge in [0.1, 0.15) is 5.82 Å². The van der Waals surface area contributed by atoms with Crippen LogP contribution >= 0.6 is 0 Å². The van der Waals surface area contributed by atoms with E-state index in [1.54, 1.807) is 13.2 Å². The van der Waals surface area contributed by atoms with Gasteiger partial charge in [-0.1, -0.05) is 0 Å². The van der Waals surface area contributed by atoms with Crippen molar-refractivity contribution >= 4 is 11.7 Å². The zero-order chi connectivity index (χ0) is 14.7. The van der Waals surface area contributed by atoms with Crippen LogP contribution in [0.25, 0.3) is 0 Å². The summed E-state index contributed by atoms with van der Waals surface area (Å²) in [6.45, 7) is 2.82. The fraction of sp³-hybridized carbons (Fsp3) is 0.625. The van der Waals surface area contributed by atoms with Gasteiger partial charge in [-0.15, -0.1) is 0 Å². The zero-order valence-electron chi connectivity index (χ0n) is 12.5. The van der Waals surface area contributed by atoms with Crippen LogP contribution in [-0.4, -0.2) is 43.7 Å². The van der Waals surface area contributed by atoms with Crippen LogP contribution in [0.4, 0.5) is 5.82 Å². The van der Waals surface area contributed by atoms with Crippen LogP contribution in [0, 0.1) is 5.92 Å². The smallest absolute Gasteiger partial charge is 0.254 e. The molecule has 0 spiro atoms. The molecule has 2 aliphatic rings. The molecule has 5 nitrogen and oxygen atoms in total. The molecule has 3 heterocycles. The second kappa shape index (κ2) is 6.43. The lowest BCUT2D eigenvalue weighted by atomic mass is 9.89. The number of carbonyl (C=O) groups excluding carboxylic acids is 1. The standard InChI is InChI=1S/C16H23N3O2/c1-17-16(20)13-4-2-8-18-15(13)19-9-6-12(7-10-19)14-5-3-11-21-14/h2,4,8,12,14H,3,5-7,9-11H2,1H3,(H,17,20). The number of ether oxygens (including phenoxy) is 1. The van der Waals surface area contributed by atoms with E-state index in [1.165, 1.54) is 12.8 Å². The van der Waals surface area contributed by atoms with Crippen molar-refractivity contribution in [3.8, 4) is 0 Å². The summed E-state index contributed by atoms with van der Waals surface area (Å²) in [6.07, 6.45) is 6.86.